The number of nitrogens with one attached hydrogen (secondary N) is 1. The molecule has 184 valence electrons. The molecule has 0 atom stereocenters. The second kappa shape index (κ2) is 11.8. The molecule has 4 aromatic rings. The first-order chi connectivity index (χ1) is 17.1. The zero-order valence-corrected chi connectivity index (χ0v) is 21.1. The quantitative estimate of drug-likeness (QED) is 0.155. The maximum absolute atomic E-state index is 13.1. The number of hydrogen-bond acceptors (Lipinski definition) is 5. The molecule has 2 heterocycles. The molecule has 3 N–H and O–H groups in total. The molecule has 0 saturated heterocycles. The molecule has 0 unspecified atom stereocenters. The van der Waals surface area contributed by atoms with E-state index in [1.165, 1.54) is 12.3 Å². The molecule has 0 fully saturated rings. The van der Waals surface area contributed by atoms with Gasteiger partial charge in [-0.1, -0.05) is 58.6 Å². The molecule has 2 amide bonds. The van der Waals surface area contributed by atoms with E-state index in [4.69, 9.17) is 39.6 Å². The number of aromatic nitrogens is 2. The molecule has 36 heavy (non-hydrogen) atoms. The molecule has 8 nitrogen and oxygen atoms in total. The van der Waals surface area contributed by atoms with E-state index in [-0.39, 0.29) is 22.2 Å². The van der Waals surface area contributed by atoms with Crippen LogP contribution in [0.3, 0.4) is 0 Å². The molecule has 0 aliphatic heterocycles. The van der Waals surface area contributed by atoms with Crippen LogP contribution in [0.4, 0.5) is 5.69 Å². The van der Waals surface area contributed by atoms with Gasteiger partial charge in [0.15, 0.2) is 0 Å². The van der Waals surface area contributed by atoms with Crippen LogP contribution in [-0.2, 0) is 20.9 Å². The molecule has 0 aliphatic carbocycles. The van der Waals surface area contributed by atoms with Gasteiger partial charge in [0, 0.05) is 28.8 Å². The third kappa shape index (κ3) is 6.48. The maximum atomic E-state index is 13.1. The Balaban J connectivity index is 0.000000658. The second-order valence-corrected chi connectivity index (χ2v) is 8.75. The van der Waals surface area contributed by atoms with E-state index >= 15 is 0 Å². The number of nitrogens with two attached hydrogens (primary N) is 1. The number of Topliss-reactive ketones (excluding diaryl/α,β-unsaturated/α-hetero) is 1. The van der Waals surface area contributed by atoms with Crippen molar-refractivity contribution in [1.29, 1.82) is 0 Å². The summed E-state index contributed by atoms with van der Waals surface area (Å²) in [4.78, 5) is 47.9. The number of primary amides is 1. The van der Waals surface area contributed by atoms with Crippen molar-refractivity contribution in [2.24, 2.45) is 5.73 Å². The van der Waals surface area contributed by atoms with Gasteiger partial charge >= 0.3 is 0 Å². The Kier molecular flexibility index (Phi) is 8.82. The number of fused-ring (bicyclic) bond motifs is 1. The molecule has 0 radical (unpaired) electrons. The molecular weight excluding hydrogens is 527 g/mol. The van der Waals surface area contributed by atoms with Gasteiger partial charge < -0.3 is 15.6 Å². The summed E-state index contributed by atoms with van der Waals surface area (Å²) in [6.45, 7) is 2.33. The standard InChI is InChI=1S/C23H16Cl3N3O2.C2H3NO2/c1-13-2-7-18-17(10-13)20(21(30)23(31)28-16-8-9-27-19(25)11-16)22(26)29(18)12-14-3-5-15(24)6-4-14;3-2(5)1-4/h2-11H,12H2,1H3,(H,27,28,31);1H,(H2,3,5). The molecule has 0 saturated carbocycles. The highest BCUT2D eigenvalue weighted by Gasteiger charge is 2.26. The van der Waals surface area contributed by atoms with Crippen LogP contribution in [0.1, 0.15) is 21.5 Å². The lowest BCUT2D eigenvalue weighted by Crippen LogP contribution is -2.23. The predicted octanol–water partition coefficient (Wildman–Crippen LogP) is 4.85. The summed E-state index contributed by atoms with van der Waals surface area (Å²) < 4.78 is 1.81. The molecule has 0 spiro atoms. The van der Waals surface area contributed by atoms with Crippen molar-refractivity contribution in [2.75, 3.05) is 5.32 Å². The molecule has 11 heteroatoms. The number of hydrogen-bond donors (Lipinski definition) is 2. The Bertz CT molecular complexity index is 1470. The third-order valence-corrected chi connectivity index (χ3v) is 5.79. The number of aldehydes is 1. The lowest BCUT2D eigenvalue weighted by atomic mass is 10.1. The number of nitrogens with zero attached hydrogens (tertiary/aromatic N) is 2. The molecule has 2 aromatic heterocycles. The highest BCUT2D eigenvalue weighted by atomic mass is 35.5. The first-order valence-corrected chi connectivity index (χ1v) is 11.5. The molecular formula is C25H19Cl3N4O4. The van der Waals surface area contributed by atoms with Gasteiger partial charge in [-0.05, 0) is 48.9 Å². The fraction of sp³-hybridized carbons (Fsp3) is 0.0800. The molecule has 4 rings (SSSR count). The van der Waals surface area contributed by atoms with Crippen LogP contribution in [0.25, 0.3) is 10.9 Å². The van der Waals surface area contributed by atoms with Crippen LogP contribution in [0, 0.1) is 6.92 Å². The molecule has 0 bridgehead atoms. The van der Waals surface area contributed by atoms with Gasteiger partial charge in [0.25, 0.3) is 17.6 Å². The summed E-state index contributed by atoms with van der Waals surface area (Å²) in [5, 5.41) is 4.21. The first kappa shape index (κ1) is 26.9. The molecule has 0 aliphatic rings. The van der Waals surface area contributed by atoms with Gasteiger partial charge in [0.2, 0.25) is 6.29 Å². The van der Waals surface area contributed by atoms with Gasteiger partial charge in [-0.25, -0.2) is 4.98 Å². The Labute approximate surface area is 221 Å². The van der Waals surface area contributed by atoms with E-state index in [2.05, 4.69) is 16.0 Å². The lowest BCUT2D eigenvalue weighted by molar-refractivity contribution is -0.129. The van der Waals surface area contributed by atoms with E-state index in [0.29, 0.717) is 22.6 Å². The zero-order valence-electron chi connectivity index (χ0n) is 18.8. The maximum Gasteiger partial charge on any atom is 0.296 e. The minimum absolute atomic E-state index is 0.0556. The van der Waals surface area contributed by atoms with Crippen LogP contribution in [-0.4, -0.2) is 33.4 Å². The van der Waals surface area contributed by atoms with Gasteiger partial charge in [-0.3, -0.25) is 19.2 Å². The average molecular weight is 546 g/mol. The number of carbonyl (C=O) groups excluding carboxylic acids is 4. The van der Waals surface area contributed by atoms with Crippen LogP contribution in [0.2, 0.25) is 15.3 Å². The van der Waals surface area contributed by atoms with Crippen molar-refractivity contribution in [3.05, 3.63) is 92.8 Å². The van der Waals surface area contributed by atoms with Gasteiger partial charge in [-0.2, -0.15) is 0 Å². The Hall–Kier alpha value is -3.72. The molecule has 2 aromatic carbocycles. The highest BCUT2D eigenvalue weighted by Crippen LogP contribution is 2.32. The lowest BCUT2D eigenvalue weighted by Gasteiger charge is -2.08. The fourth-order valence-corrected chi connectivity index (χ4v) is 4.00. The summed E-state index contributed by atoms with van der Waals surface area (Å²) in [5.74, 6) is -2.47. The minimum atomic E-state index is -0.926. The average Bonchev–Trinajstić information content (AvgIpc) is 3.10. The summed E-state index contributed by atoms with van der Waals surface area (Å²) in [5.41, 5.74) is 7.48. The van der Waals surface area contributed by atoms with Crippen LogP contribution in [0.5, 0.6) is 0 Å². The van der Waals surface area contributed by atoms with Crippen molar-refractivity contribution in [3.63, 3.8) is 0 Å². The smallest absolute Gasteiger partial charge is 0.296 e. The number of rotatable bonds is 6. The van der Waals surface area contributed by atoms with Gasteiger partial charge in [-0.15, -0.1) is 0 Å². The Morgan fingerprint density at radius 3 is 2.31 bits per heavy atom. The Morgan fingerprint density at radius 2 is 1.69 bits per heavy atom. The van der Waals surface area contributed by atoms with E-state index in [9.17, 15) is 14.4 Å². The predicted molar refractivity (Wildman–Crippen MR) is 140 cm³/mol. The van der Waals surface area contributed by atoms with Crippen LogP contribution in [0.15, 0.2) is 60.8 Å². The van der Waals surface area contributed by atoms with Gasteiger partial charge in [0.05, 0.1) is 11.1 Å². The summed E-state index contributed by atoms with van der Waals surface area (Å²) in [6.07, 6.45) is 1.50. The number of aryl methyl sites for hydroxylation is 1. The Morgan fingerprint density at radius 1 is 1.03 bits per heavy atom. The largest absolute Gasteiger partial charge is 0.363 e. The first-order valence-electron chi connectivity index (χ1n) is 10.3. The minimum Gasteiger partial charge on any atom is -0.363 e. The van der Waals surface area contributed by atoms with E-state index < -0.39 is 17.6 Å². The summed E-state index contributed by atoms with van der Waals surface area (Å²) >= 11 is 18.5. The second-order valence-electron chi connectivity index (χ2n) is 7.57. The van der Waals surface area contributed by atoms with Crippen molar-refractivity contribution in [2.45, 2.75) is 13.5 Å². The van der Waals surface area contributed by atoms with Crippen molar-refractivity contribution in [3.8, 4) is 0 Å². The number of benzene rings is 2. The van der Waals surface area contributed by atoms with E-state index in [1.807, 2.05) is 41.8 Å². The monoisotopic (exact) mass is 544 g/mol. The topological polar surface area (TPSA) is 124 Å². The summed E-state index contributed by atoms with van der Waals surface area (Å²) in [7, 11) is 0. The van der Waals surface area contributed by atoms with E-state index in [0.717, 1.165) is 16.6 Å². The fourth-order valence-electron chi connectivity index (χ4n) is 3.36. The number of amides is 2. The number of anilines is 1. The number of ketones is 1. The SMILES string of the molecule is Cc1ccc2c(c1)c(C(=O)C(=O)Nc1ccnc(Cl)c1)c(Cl)n2Cc1ccc(Cl)cc1.NC(=O)C=O. The normalized spacial score (nSPS) is 10.3. The number of halogens is 3. The van der Waals surface area contributed by atoms with Crippen molar-refractivity contribution < 1.29 is 19.2 Å². The van der Waals surface area contributed by atoms with Crippen molar-refractivity contribution >= 4 is 75.3 Å². The van der Waals surface area contributed by atoms with Crippen LogP contribution < -0.4 is 11.1 Å². The number of carbonyl (C=O) groups is 4. The van der Waals surface area contributed by atoms with Crippen LogP contribution >= 0.6 is 34.8 Å². The third-order valence-electron chi connectivity index (χ3n) is 4.94. The summed E-state index contributed by atoms with van der Waals surface area (Å²) in [6, 6.07) is 16.0. The zero-order chi connectivity index (χ0) is 26.4. The number of pyridine rings is 1. The van der Waals surface area contributed by atoms with E-state index in [1.54, 1.807) is 18.2 Å². The highest BCUT2D eigenvalue weighted by molar-refractivity contribution is 6.52. The van der Waals surface area contributed by atoms with Crippen molar-refractivity contribution in [1.82, 2.24) is 9.55 Å². The van der Waals surface area contributed by atoms with Gasteiger partial charge in [0.1, 0.15) is 10.3 Å².